The molecule has 0 aliphatic carbocycles. The van der Waals surface area contributed by atoms with Gasteiger partial charge >= 0.3 is 5.97 Å². The number of carboxylic acids is 1. The number of hydrogen-bond donors (Lipinski definition) is 2. The molecule has 0 aliphatic heterocycles. The second-order valence-electron chi connectivity index (χ2n) is 2.87. The second-order valence-corrected chi connectivity index (χ2v) is 3.23. The van der Waals surface area contributed by atoms with Gasteiger partial charge in [-0.25, -0.2) is 9.21 Å². The summed E-state index contributed by atoms with van der Waals surface area (Å²) < 4.78 is 0.421. The highest BCUT2D eigenvalue weighted by Crippen LogP contribution is 2.09. The first kappa shape index (κ1) is 12.4. The van der Waals surface area contributed by atoms with Gasteiger partial charge in [-0.1, -0.05) is 6.07 Å². The lowest BCUT2D eigenvalue weighted by Gasteiger charge is -2.19. The minimum absolute atomic E-state index is 0.0113. The third kappa shape index (κ3) is 2.68. The van der Waals surface area contributed by atoms with E-state index in [1.807, 2.05) is 0 Å². The fourth-order valence-corrected chi connectivity index (χ4v) is 1.22. The normalized spacial score (nSPS) is 11.9. The van der Waals surface area contributed by atoms with Crippen molar-refractivity contribution < 1.29 is 19.8 Å². The molecule has 1 heterocycles. The Balaban J connectivity index is 2.86. The van der Waals surface area contributed by atoms with Gasteiger partial charge in [-0.15, -0.1) is 0 Å². The molecular formula is C9H9ClN2O4. The Bertz CT molecular complexity index is 384. The molecule has 1 amide bonds. The lowest BCUT2D eigenvalue weighted by Crippen LogP contribution is -2.41. The van der Waals surface area contributed by atoms with Crippen molar-refractivity contribution in [3.8, 4) is 0 Å². The van der Waals surface area contributed by atoms with Gasteiger partial charge in [0.15, 0.2) is 6.04 Å². The van der Waals surface area contributed by atoms with Crippen molar-refractivity contribution in [3.63, 3.8) is 0 Å². The van der Waals surface area contributed by atoms with E-state index in [1.165, 1.54) is 12.3 Å². The van der Waals surface area contributed by atoms with Crippen LogP contribution in [0.3, 0.4) is 0 Å². The number of nitrogens with zero attached hydrogens (tertiary/aromatic N) is 2. The van der Waals surface area contributed by atoms with Crippen LogP contribution in [0.25, 0.3) is 0 Å². The molecule has 0 fully saturated rings. The molecule has 0 bridgehead atoms. The first-order valence-electron chi connectivity index (χ1n) is 4.32. The van der Waals surface area contributed by atoms with Crippen LogP contribution in [-0.2, 0) is 4.79 Å². The number of halogens is 1. The molecule has 1 unspecified atom stereocenters. The summed E-state index contributed by atoms with van der Waals surface area (Å²) in [7, 11) is 0. The average molecular weight is 245 g/mol. The van der Waals surface area contributed by atoms with Crippen LogP contribution in [0, 0.1) is 0 Å². The topological polar surface area (TPSA) is 90.7 Å². The maximum atomic E-state index is 11.6. The molecule has 1 aromatic rings. The van der Waals surface area contributed by atoms with Crippen LogP contribution in [0.4, 0.5) is 0 Å². The van der Waals surface area contributed by atoms with Gasteiger partial charge in [-0.05, 0) is 12.1 Å². The van der Waals surface area contributed by atoms with Crippen molar-refractivity contribution in [1.82, 2.24) is 9.40 Å². The number of aliphatic hydroxyl groups excluding tert-OH is 1. The fourth-order valence-electron chi connectivity index (χ4n) is 0.987. The predicted molar refractivity (Wildman–Crippen MR) is 54.8 cm³/mol. The molecule has 7 heteroatoms. The van der Waals surface area contributed by atoms with Crippen LogP contribution in [0.5, 0.6) is 0 Å². The number of amides is 1. The van der Waals surface area contributed by atoms with Gasteiger partial charge in [0.05, 0.1) is 6.61 Å². The second kappa shape index (κ2) is 5.43. The van der Waals surface area contributed by atoms with Crippen LogP contribution in [0.2, 0.25) is 0 Å². The Hall–Kier alpha value is -1.66. The third-order valence-electron chi connectivity index (χ3n) is 1.81. The molecule has 0 saturated carbocycles. The van der Waals surface area contributed by atoms with E-state index < -0.39 is 24.5 Å². The number of aliphatic hydroxyl groups is 1. The van der Waals surface area contributed by atoms with E-state index in [0.717, 1.165) is 0 Å². The summed E-state index contributed by atoms with van der Waals surface area (Å²) in [5, 5.41) is 17.5. The first-order valence-corrected chi connectivity index (χ1v) is 4.65. The minimum Gasteiger partial charge on any atom is -0.480 e. The van der Waals surface area contributed by atoms with Gasteiger partial charge in [0.1, 0.15) is 5.69 Å². The molecule has 86 valence electrons. The zero-order chi connectivity index (χ0) is 12.1. The molecule has 0 aromatic carbocycles. The molecule has 2 N–H and O–H groups in total. The standard InChI is InChI=1S/C9H9ClN2O4/c10-12(7(5-13)9(15)16)8(14)6-3-1-2-4-11-6/h1-4,7,13H,5H2,(H,15,16). The molecule has 1 aromatic heterocycles. The van der Waals surface area contributed by atoms with Crippen molar-refractivity contribution in [3.05, 3.63) is 30.1 Å². The molecule has 6 nitrogen and oxygen atoms in total. The molecule has 1 rings (SSSR count). The van der Waals surface area contributed by atoms with Crippen LogP contribution in [0.15, 0.2) is 24.4 Å². The van der Waals surface area contributed by atoms with Gasteiger partial charge in [0, 0.05) is 18.0 Å². The Morgan fingerprint density at radius 3 is 2.62 bits per heavy atom. The Kier molecular flexibility index (Phi) is 4.21. The van der Waals surface area contributed by atoms with Gasteiger partial charge in [0.25, 0.3) is 5.91 Å². The molecule has 0 saturated heterocycles. The van der Waals surface area contributed by atoms with Crippen LogP contribution >= 0.6 is 11.8 Å². The zero-order valence-corrected chi connectivity index (χ0v) is 8.83. The van der Waals surface area contributed by atoms with E-state index in [1.54, 1.807) is 12.1 Å². The molecule has 0 spiro atoms. The number of aromatic nitrogens is 1. The summed E-state index contributed by atoms with van der Waals surface area (Å²) in [6.07, 6.45) is 1.38. The van der Waals surface area contributed by atoms with Gasteiger partial charge in [-0.3, -0.25) is 9.78 Å². The molecule has 0 aliphatic rings. The number of pyridine rings is 1. The van der Waals surface area contributed by atoms with Crippen molar-refractivity contribution in [2.24, 2.45) is 0 Å². The van der Waals surface area contributed by atoms with E-state index in [4.69, 9.17) is 22.0 Å². The molecular weight excluding hydrogens is 236 g/mol. The SMILES string of the molecule is O=C(O)C(CO)N(Cl)C(=O)c1ccccn1. The highest BCUT2D eigenvalue weighted by atomic mass is 35.5. The van der Waals surface area contributed by atoms with Crippen LogP contribution < -0.4 is 0 Å². The van der Waals surface area contributed by atoms with Gasteiger partial charge < -0.3 is 10.2 Å². The summed E-state index contributed by atoms with van der Waals surface area (Å²) >= 11 is 5.53. The van der Waals surface area contributed by atoms with Crippen molar-refractivity contribution in [2.75, 3.05) is 6.61 Å². The van der Waals surface area contributed by atoms with E-state index >= 15 is 0 Å². The number of aliphatic carboxylic acids is 1. The number of rotatable bonds is 4. The van der Waals surface area contributed by atoms with Gasteiger partial charge in [-0.2, -0.15) is 0 Å². The Labute approximate surface area is 96.2 Å². The Morgan fingerprint density at radius 2 is 2.19 bits per heavy atom. The maximum absolute atomic E-state index is 11.6. The van der Waals surface area contributed by atoms with Crippen molar-refractivity contribution in [2.45, 2.75) is 6.04 Å². The van der Waals surface area contributed by atoms with E-state index in [9.17, 15) is 9.59 Å². The van der Waals surface area contributed by atoms with Crippen molar-refractivity contribution in [1.29, 1.82) is 0 Å². The summed E-state index contributed by atoms with van der Waals surface area (Å²) in [5.41, 5.74) is 0.0113. The lowest BCUT2D eigenvalue weighted by atomic mass is 10.3. The molecule has 16 heavy (non-hydrogen) atoms. The highest BCUT2D eigenvalue weighted by Gasteiger charge is 2.29. The van der Waals surface area contributed by atoms with E-state index in [0.29, 0.717) is 4.42 Å². The quantitative estimate of drug-likeness (QED) is 0.735. The highest BCUT2D eigenvalue weighted by molar-refractivity contribution is 6.25. The number of carbonyl (C=O) groups excluding carboxylic acids is 1. The molecule has 1 atom stereocenters. The minimum atomic E-state index is -1.49. The predicted octanol–water partition coefficient (Wildman–Crippen LogP) is 0.123. The first-order chi connectivity index (χ1) is 7.57. The van der Waals surface area contributed by atoms with Crippen LogP contribution in [-0.4, -0.2) is 44.1 Å². The van der Waals surface area contributed by atoms with Crippen molar-refractivity contribution >= 4 is 23.7 Å². The maximum Gasteiger partial charge on any atom is 0.330 e. The smallest absolute Gasteiger partial charge is 0.330 e. The third-order valence-corrected chi connectivity index (χ3v) is 2.20. The van der Waals surface area contributed by atoms with Gasteiger partial charge in [0.2, 0.25) is 0 Å². The fraction of sp³-hybridized carbons (Fsp3) is 0.222. The largest absolute Gasteiger partial charge is 0.480 e. The summed E-state index contributed by atoms with van der Waals surface area (Å²) in [4.78, 5) is 26.0. The van der Waals surface area contributed by atoms with E-state index in [2.05, 4.69) is 4.98 Å². The number of hydrogen-bond acceptors (Lipinski definition) is 4. The van der Waals surface area contributed by atoms with E-state index in [-0.39, 0.29) is 5.69 Å². The summed E-state index contributed by atoms with van der Waals surface area (Å²) in [5.74, 6) is -2.16. The number of carboxylic acid groups (broad SMARTS) is 1. The average Bonchev–Trinajstić information content (AvgIpc) is 2.29. The molecule has 0 radical (unpaired) electrons. The summed E-state index contributed by atoms with van der Waals surface area (Å²) in [6.45, 7) is -0.766. The zero-order valence-electron chi connectivity index (χ0n) is 8.08. The monoisotopic (exact) mass is 244 g/mol. The number of carbonyl (C=O) groups is 2. The van der Waals surface area contributed by atoms with Crippen LogP contribution in [0.1, 0.15) is 10.5 Å². The summed E-state index contributed by atoms with van der Waals surface area (Å²) in [6, 6.07) is 3.08. The Morgan fingerprint density at radius 1 is 1.50 bits per heavy atom. The lowest BCUT2D eigenvalue weighted by molar-refractivity contribution is -0.142.